The van der Waals surface area contributed by atoms with Crippen LogP contribution in [0.2, 0.25) is 0 Å². The van der Waals surface area contributed by atoms with E-state index in [0.717, 1.165) is 11.1 Å². The number of carbonyl (C=O) groups is 11. The predicted molar refractivity (Wildman–Crippen MR) is 379 cm³/mol. The minimum Gasteiger partial charge on any atom is -0.481 e. The number of primary amides is 1. The highest BCUT2D eigenvalue weighted by atomic mass is 32.2. The number of nitrogens with two attached hydrogens (primary N) is 2. The number of nitrogens with zero attached hydrogens (tertiary/aromatic N) is 1. The third kappa shape index (κ3) is 20.7. The molecular formula is C70H83F3N16O12S2. The van der Waals surface area contributed by atoms with Crippen molar-refractivity contribution in [2.75, 3.05) is 44.4 Å². The fraction of sp³-hybridized carbons (Fsp3) is 0.414. The second-order valence-corrected chi connectivity index (χ2v) is 27.9. The minimum atomic E-state index is -2.03. The summed E-state index contributed by atoms with van der Waals surface area (Å²) >= 11 is 2.78. The summed E-state index contributed by atoms with van der Waals surface area (Å²) in [6.07, 6.45) is 3.52. The van der Waals surface area contributed by atoms with E-state index in [1.54, 1.807) is 0 Å². The van der Waals surface area contributed by atoms with Crippen LogP contribution < -0.4 is 64.6 Å². The average molecular weight is 1460 g/mol. The van der Waals surface area contributed by atoms with Crippen LogP contribution in [0.3, 0.4) is 0 Å². The maximum Gasteiger partial charge on any atom is 0.305 e. The molecule has 3 aliphatic rings. The number of carbonyl (C=O) groups excluding carboxylic acids is 10. The summed E-state index contributed by atoms with van der Waals surface area (Å²) < 4.78 is 44.8. The van der Waals surface area contributed by atoms with Gasteiger partial charge in [-0.25, -0.2) is 13.2 Å². The van der Waals surface area contributed by atoms with Gasteiger partial charge in [-0.3, -0.25) is 52.7 Å². The number of hydrogen-bond acceptors (Lipinski definition) is 16. The summed E-state index contributed by atoms with van der Waals surface area (Å²) in [6, 6.07) is 6.58. The standard InChI is InChI=1S/C70H83F3N16O12S2/c71-42-9-12-49-46(23-42)39(28-77-49)20-53-65(96)84-54(21-40-29-78-50-13-10-43(72)24-47(40)50)66(97)86-56(27-62(92)93)68(99)85-55(26-45-31-76-36-81-45)67(98)87-57(22-41-30-79-51-14-11-44(73)25-48(41)51)70(101)89-17-4-8-59(89)69(100)88-58(63(75)94)35-103-34-38-6-3-5-37(19-38)33-102-18-15-60(90)82-52(7-1-2-16-74)64(95)80-32-61(91)83-53/h3,5-6,9-14,19,23-25,28-30,45,52-59,76-79,81H,1-2,4,7-8,15-18,20-22,26-27,31-36,74H2,(H2,75,94)(H,80,95)(H,82,90)(H,83,91)(H,84,96)(H,85,99)(H,86,97)(H,87,98)(H,88,100)(H,92,93)/t45?,52-,53-,54-,55-,56-,57-,58-,59-/m0/s1. The van der Waals surface area contributed by atoms with E-state index in [1.165, 1.54) is 102 Å². The van der Waals surface area contributed by atoms with Gasteiger partial charge in [0.05, 0.1) is 13.0 Å². The quantitative estimate of drug-likeness (QED) is 0.0649. The summed E-state index contributed by atoms with van der Waals surface area (Å²) in [4.78, 5) is 168. The summed E-state index contributed by atoms with van der Waals surface area (Å²) in [7, 11) is 0. The van der Waals surface area contributed by atoms with Crippen LogP contribution in [0, 0.1) is 17.5 Å². The van der Waals surface area contributed by atoms with Crippen LogP contribution >= 0.6 is 23.5 Å². The number of halogens is 3. The summed E-state index contributed by atoms with van der Waals surface area (Å²) in [6.45, 7) is 0.115. The molecule has 2 bridgehead atoms. The molecule has 4 aromatic carbocycles. The van der Waals surface area contributed by atoms with Gasteiger partial charge in [0.2, 0.25) is 59.1 Å². The Hall–Kier alpha value is -9.96. The number of aliphatic carboxylic acids is 1. The Morgan fingerprint density at radius 1 is 0.583 bits per heavy atom. The highest BCUT2D eigenvalue weighted by molar-refractivity contribution is 7.98. The van der Waals surface area contributed by atoms with Crippen molar-refractivity contribution in [3.05, 3.63) is 143 Å². The van der Waals surface area contributed by atoms with Gasteiger partial charge in [-0.2, -0.15) is 23.5 Å². The number of carboxylic acids is 1. The molecule has 103 heavy (non-hydrogen) atoms. The third-order valence-corrected chi connectivity index (χ3v) is 20.4. The van der Waals surface area contributed by atoms with E-state index in [9.17, 15) is 51.8 Å². The Balaban J connectivity index is 0.984. The summed E-state index contributed by atoms with van der Waals surface area (Å²) in [5, 5.41) is 38.7. The Morgan fingerprint density at radius 3 is 1.69 bits per heavy atom. The Bertz CT molecular complexity index is 4280. The zero-order valence-electron chi connectivity index (χ0n) is 56.1. The normalized spacial score (nSPS) is 23.4. The number of amides is 10. The van der Waals surface area contributed by atoms with Crippen LogP contribution in [0.5, 0.6) is 0 Å². The molecule has 9 atom stereocenters. The Morgan fingerprint density at radius 2 is 1.12 bits per heavy atom. The number of aromatic amines is 3. The lowest BCUT2D eigenvalue weighted by molar-refractivity contribution is -0.143. The molecule has 7 aromatic rings. The van der Waals surface area contributed by atoms with Crippen LogP contribution in [0.4, 0.5) is 13.2 Å². The Labute approximate surface area is 597 Å². The first-order valence-electron chi connectivity index (χ1n) is 33.9. The van der Waals surface area contributed by atoms with Gasteiger partial charge in [-0.15, -0.1) is 0 Å². The lowest BCUT2D eigenvalue weighted by Crippen LogP contribution is -2.61. The van der Waals surface area contributed by atoms with Crippen LogP contribution in [-0.4, -0.2) is 189 Å². The van der Waals surface area contributed by atoms with Gasteiger partial charge in [-0.05, 0) is 127 Å². The maximum atomic E-state index is 15.2. The monoisotopic (exact) mass is 1460 g/mol. The fourth-order valence-electron chi connectivity index (χ4n) is 12.9. The molecule has 28 nitrogen and oxygen atoms in total. The molecule has 1 unspecified atom stereocenters. The van der Waals surface area contributed by atoms with Gasteiger partial charge in [0.25, 0.3) is 0 Å². The van der Waals surface area contributed by atoms with Gasteiger partial charge >= 0.3 is 5.97 Å². The van der Waals surface area contributed by atoms with E-state index in [0.29, 0.717) is 81.5 Å². The van der Waals surface area contributed by atoms with Crippen molar-refractivity contribution < 1.29 is 71.0 Å². The van der Waals surface area contributed by atoms with E-state index in [2.05, 4.69) is 68.1 Å². The zero-order valence-corrected chi connectivity index (χ0v) is 57.7. The van der Waals surface area contributed by atoms with Crippen molar-refractivity contribution >= 4 is 121 Å². The van der Waals surface area contributed by atoms with E-state index >= 15 is 19.2 Å². The molecule has 0 saturated carbocycles. The van der Waals surface area contributed by atoms with Gasteiger partial charge in [0.15, 0.2) is 0 Å². The third-order valence-electron chi connectivity index (χ3n) is 18.2. The molecule has 548 valence electrons. The van der Waals surface area contributed by atoms with Crippen molar-refractivity contribution in [3.8, 4) is 0 Å². The molecular weight excluding hydrogens is 1380 g/mol. The molecule has 0 aliphatic carbocycles. The molecule has 2 fully saturated rings. The second-order valence-electron chi connectivity index (χ2n) is 25.8. The Kier molecular flexibility index (Phi) is 26.3. The number of H-pyrrole nitrogens is 3. The summed E-state index contributed by atoms with van der Waals surface area (Å²) in [5.74, 6) is -11.1. The van der Waals surface area contributed by atoms with E-state index in [4.69, 9.17) is 11.5 Å². The number of benzene rings is 4. The molecule has 6 heterocycles. The van der Waals surface area contributed by atoms with Crippen molar-refractivity contribution in [2.45, 2.75) is 137 Å². The molecule has 3 aliphatic heterocycles. The van der Waals surface area contributed by atoms with Crippen molar-refractivity contribution in [2.24, 2.45) is 11.5 Å². The van der Waals surface area contributed by atoms with Crippen LogP contribution in [0.15, 0.2) is 97.5 Å². The number of aromatic nitrogens is 3. The number of rotatable bonds is 15. The lowest BCUT2D eigenvalue weighted by Gasteiger charge is -2.31. The van der Waals surface area contributed by atoms with Crippen molar-refractivity contribution in [1.82, 2.24) is 73.0 Å². The highest BCUT2D eigenvalue weighted by Crippen LogP contribution is 2.27. The number of carboxylic acid groups (broad SMARTS) is 1. The number of nitrogens with one attached hydrogen (secondary N) is 13. The van der Waals surface area contributed by atoms with Crippen LogP contribution in [0.1, 0.15) is 79.2 Å². The van der Waals surface area contributed by atoms with E-state index in [1.807, 2.05) is 24.3 Å². The zero-order chi connectivity index (χ0) is 73.3. The van der Waals surface area contributed by atoms with E-state index < -0.39 is 156 Å². The first-order chi connectivity index (χ1) is 49.5. The average Bonchev–Trinajstić information content (AvgIpc) is 1.71. The molecule has 10 amide bonds. The minimum absolute atomic E-state index is 0.00778. The largest absolute Gasteiger partial charge is 0.481 e. The fourth-order valence-corrected chi connectivity index (χ4v) is 14.8. The first kappa shape index (κ1) is 75.7. The predicted octanol–water partition coefficient (Wildman–Crippen LogP) is 1.64. The van der Waals surface area contributed by atoms with Crippen molar-refractivity contribution in [3.63, 3.8) is 0 Å². The number of thioether (sulfide) groups is 2. The number of unbranched alkanes of at least 4 members (excludes halogenated alkanes) is 1. The molecule has 18 N–H and O–H groups in total. The highest BCUT2D eigenvalue weighted by Gasteiger charge is 2.41. The SMILES string of the molecule is NCCCC[C@@H]1NC(=O)CCSCc2cccc(c2)CSC[C@@H](C(N)=O)NC(=O)[C@@H]2CCCN2C(=O)[C@H](Cc2c[nH]c3ccc(F)cc23)NC(=O)[C@H](CC2CNCN2)NC(=O)[C@H](CC(=O)O)NC(=O)[C@H](Cc2c[nH]c3ccc(F)cc23)NC(=O)[C@H](Cc2c[nH]c3ccc(F)cc23)NC(=O)CNC1=O. The van der Waals surface area contributed by atoms with Crippen molar-refractivity contribution in [1.29, 1.82) is 0 Å². The van der Waals surface area contributed by atoms with Crippen LogP contribution in [-0.2, 0) is 83.5 Å². The van der Waals surface area contributed by atoms with E-state index in [-0.39, 0.29) is 75.0 Å². The van der Waals surface area contributed by atoms with Gasteiger partial charge < -0.3 is 89.6 Å². The van der Waals surface area contributed by atoms with Gasteiger partial charge in [-0.1, -0.05) is 24.3 Å². The lowest BCUT2D eigenvalue weighted by atomic mass is 10.0. The molecule has 33 heteroatoms. The topological polar surface area (TPSA) is 431 Å². The molecule has 2 saturated heterocycles. The molecule has 10 rings (SSSR count). The van der Waals surface area contributed by atoms with Gasteiger partial charge in [0.1, 0.15) is 65.8 Å². The molecule has 0 radical (unpaired) electrons. The molecule has 0 spiro atoms. The maximum absolute atomic E-state index is 15.2. The number of fused-ring (bicyclic) bond motifs is 6. The second kappa shape index (κ2) is 35.8. The number of hydrogen-bond donors (Lipinski definition) is 16. The first-order valence-corrected chi connectivity index (χ1v) is 36.2. The summed E-state index contributed by atoms with van der Waals surface area (Å²) in [5.41, 5.74) is 15.7. The molecule has 3 aromatic heterocycles. The van der Waals surface area contributed by atoms with Gasteiger partial charge in [0, 0.05) is 126 Å². The van der Waals surface area contributed by atoms with Crippen LogP contribution in [0.25, 0.3) is 32.7 Å². The smallest absolute Gasteiger partial charge is 0.305 e.